The number of hydrogen-bond donors (Lipinski definition) is 2. The van der Waals surface area contributed by atoms with E-state index in [9.17, 15) is 18.9 Å². The van der Waals surface area contributed by atoms with E-state index in [4.69, 9.17) is 14.6 Å². The largest absolute Gasteiger partial charge is 0.465 e. The summed E-state index contributed by atoms with van der Waals surface area (Å²) < 4.78 is 30.0. The summed E-state index contributed by atoms with van der Waals surface area (Å²) in [4.78, 5) is 26.2. The van der Waals surface area contributed by atoms with E-state index in [-0.39, 0.29) is 25.0 Å². The van der Waals surface area contributed by atoms with Gasteiger partial charge in [0.2, 0.25) is 0 Å². The third-order valence-corrected chi connectivity index (χ3v) is 6.97. The molecule has 2 unspecified atom stereocenters. The number of esters is 1. The third-order valence-electron chi connectivity index (χ3n) is 6.15. The number of halogens is 1. The summed E-state index contributed by atoms with van der Waals surface area (Å²) in [6.45, 7) is 2.09. The molecule has 3 aromatic rings. The number of hydrogen-bond acceptors (Lipinski definition) is 5. The Kier molecular flexibility index (Phi) is 8.11. The van der Waals surface area contributed by atoms with E-state index in [2.05, 4.69) is 0 Å². The van der Waals surface area contributed by atoms with Gasteiger partial charge < -0.3 is 14.7 Å². The van der Waals surface area contributed by atoms with Gasteiger partial charge in [0.15, 0.2) is 8.03 Å². The molecule has 0 saturated heterocycles. The highest BCUT2D eigenvalue weighted by Crippen LogP contribution is 2.45. The van der Waals surface area contributed by atoms with Crippen LogP contribution in [-0.2, 0) is 20.5 Å². The molecule has 1 aliphatic carbocycles. The van der Waals surface area contributed by atoms with Crippen molar-refractivity contribution in [3.8, 4) is 22.4 Å². The van der Waals surface area contributed by atoms with Gasteiger partial charge in [-0.25, -0.2) is 4.39 Å². The summed E-state index contributed by atoms with van der Waals surface area (Å²) in [5, 5.41) is 9.75. The van der Waals surface area contributed by atoms with E-state index >= 15 is 0 Å². The lowest BCUT2D eigenvalue weighted by Gasteiger charge is -2.21. The Labute approximate surface area is 204 Å². The molecule has 0 spiro atoms. The number of nitrogens with zero attached hydrogens (tertiary/aromatic N) is 1. The number of aliphatic hydroxyl groups excluding tert-OH is 1. The minimum absolute atomic E-state index is 0.0829. The van der Waals surface area contributed by atoms with Crippen molar-refractivity contribution in [1.82, 2.24) is 4.98 Å². The molecule has 4 rings (SSSR count). The third kappa shape index (κ3) is 6.43. The van der Waals surface area contributed by atoms with Gasteiger partial charge in [-0.3, -0.25) is 14.3 Å². The van der Waals surface area contributed by atoms with Crippen molar-refractivity contribution in [3.05, 3.63) is 77.2 Å². The summed E-state index contributed by atoms with van der Waals surface area (Å²) in [5.41, 5.74) is 6.65. The predicted molar refractivity (Wildman–Crippen MR) is 133 cm³/mol. The van der Waals surface area contributed by atoms with Crippen LogP contribution < -0.4 is 0 Å². The van der Waals surface area contributed by atoms with Gasteiger partial charge in [0.05, 0.1) is 24.8 Å². The first-order valence-corrected chi connectivity index (χ1v) is 13.3. The molecule has 1 saturated carbocycles. The molecule has 1 aromatic heterocycles. The van der Waals surface area contributed by atoms with Gasteiger partial charge in [0.25, 0.3) is 0 Å². The van der Waals surface area contributed by atoms with E-state index in [0.29, 0.717) is 12.3 Å². The fourth-order valence-corrected chi connectivity index (χ4v) is 4.92. The maximum Gasteiger partial charge on any atom is 0.308 e. The van der Waals surface area contributed by atoms with Crippen molar-refractivity contribution in [1.29, 1.82) is 0 Å². The zero-order valence-corrected chi connectivity index (χ0v) is 20.5. The van der Waals surface area contributed by atoms with Crippen LogP contribution in [0.2, 0.25) is 0 Å². The van der Waals surface area contributed by atoms with Crippen molar-refractivity contribution in [2.24, 2.45) is 0 Å². The number of carbonyl (C=O) groups is 1. The monoisotopic (exact) mass is 497 g/mol. The minimum Gasteiger partial charge on any atom is -0.465 e. The Morgan fingerprint density at radius 3 is 2.46 bits per heavy atom. The molecule has 0 amide bonds. The van der Waals surface area contributed by atoms with Crippen molar-refractivity contribution >= 4 is 14.0 Å². The fourth-order valence-electron chi connectivity index (χ4n) is 4.37. The molecular weight excluding hydrogens is 468 g/mol. The SMILES string of the molecule is Cc1c(-c2ccccc2)nc(C2CC2)c(CCOC(=O)CC(O)C[PH](=O)O)c1-c1ccc(F)cc1. The first kappa shape index (κ1) is 25.2. The van der Waals surface area contributed by atoms with Crippen molar-refractivity contribution < 1.29 is 28.5 Å². The Hall–Kier alpha value is -2.86. The van der Waals surface area contributed by atoms with E-state index in [1.54, 1.807) is 12.1 Å². The number of benzene rings is 2. The molecular formula is C27H29FNO5P. The van der Waals surface area contributed by atoms with Crippen molar-refractivity contribution in [2.75, 3.05) is 12.8 Å². The number of ether oxygens (including phenoxy) is 1. The molecule has 6 nitrogen and oxygen atoms in total. The summed E-state index contributed by atoms with van der Waals surface area (Å²) in [7, 11) is -2.86. The number of aromatic nitrogens is 1. The summed E-state index contributed by atoms with van der Waals surface area (Å²) in [6, 6.07) is 16.3. The normalized spacial score (nSPS) is 15.0. The zero-order valence-electron chi connectivity index (χ0n) is 19.5. The average molecular weight is 498 g/mol. The topological polar surface area (TPSA) is 96.7 Å². The van der Waals surface area contributed by atoms with Gasteiger partial charge in [-0.1, -0.05) is 42.5 Å². The van der Waals surface area contributed by atoms with Crippen LogP contribution in [0.1, 0.15) is 42.0 Å². The van der Waals surface area contributed by atoms with Crippen molar-refractivity contribution in [2.45, 2.75) is 44.6 Å². The standard InChI is InChI=1S/C27H29FNO5P/c1-17-25(18-9-11-21(28)12-10-18)23(13-14-34-24(31)15-22(30)16-35(32)33)27(20-7-8-20)29-26(17)19-5-3-2-4-6-19/h2-6,9-12,20,22,30,35H,7-8,13-16H2,1H3,(H,32,33). The van der Waals surface area contributed by atoms with Crippen LogP contribution in [0.25, 0.3) is 22.4 Å². The summed E-state index contributed by atoms with van der Waals surface area (Å²) in [5.74, 6) is -0.611. The van der Waals surface area contributed by atoms with Crippen LogP contribution in [0.3, 0.4) is 0 Å². The first-order chi connectivity index (χ1) is 16.8. The fraction of sp³-hybridized carbons (Fsp3) is 0.333. The molecule has 0 radical (unpaired) electrons. The molecule has 184 valence electrons. The molecule has 2 N–H and O–H groups in total. The maximum atomic E-state index is 13.7. The Morgan fingerprint density at radius 1 is 1.14 bits per heavy atom. The molecule has 2 aromatic carbocycles. The van der Waals surface area contributed by atoms with E-state index in [1.165, 1.54) is 12.1 Å². The predicted octanol–water partition coefficient (Wildman–Crippen LogP) is 5.04. The molecule has 8 heteroatoms. The van der Waals surface area contributed by atoms with E-state index in [0.717, 1.165) is 52.0 Å². The van der Waals surface area contributed by atoms with Gasteiger partial charge in [0, 0.05) is 29.8 Å². The van der Waals surface area contributed by atoms with Crippen LogP contribution >= 0.6 is 8.03 Å². The van der Waals surface area contributed by atoms with Gasteiger partial charge in [-0.05, 0) is 54.2 Å². The molecule has 1 fully saturated rings. The van der Waals surface area contributed by atoms with Crippen LogP contribution in [0.4, 0.5) is 4.39 Å². The van der Waals surface area contributed by atoms with Crippen LogP contribution in [0.15, 0.2) is 54.6 Å². The van der Waals surface area contributed by atoms with Gasteiger partial charge in [-0.2, -0.15) is 0 Å². The van der Waals surface area contributed by atoms with Crippen molar-refractivity contribution in [3.63, 3.8) is 0 Å². The van der Waals surface area contributed by atoms with E-state index < -0.39 is 20.1 Å². The number of aliphatic hydroxyl groups is 1. The number of carbonyl (C=O) groups excluding carboxylic acids is 1. The molecule has 2 atom stereocenters. The second-order valence-corrected chi connectivity index (χ2v) is 10.1. The first-order valence-electron chi connectivity index (χ1n) is 11.7. The molecule has 0 aliphatic heterocycles. The van der Waals surface area contributed by atoms with Crippen LogP contribution in [-0.4, -0.2) is 39.8 Å². The lowest BCUT2D eigenvalue weighted by Crippen LogP contribution is -2.19. The second kappa shape index (κ2) is 11.3. The van der Waals surface area contributed by atoms with Gasteiger partial charge >= 0.3 is 5.97 Å². The second-order valence-electron chi connectivity index (χ2n) is 8.90. The highest BCUT2D eigenvalue weighted by atomic mass is 31.1. The smallest absolute Gasteiger partial charge is 0.308 e. The quantitative estimate of drug-likeness (QED) is 0.301. The minimum atomic E-state index is -2.86. The lowest BCUT2D eigenvalue weighted by molar-refractivity contribution is -0.145. The molecule has 1 aliphatic rings. The van der Waals surface area contributed by atoms with Crippen LogP contribution in [0, 0.1) is 12.7 Å². The average Bonchev–Trinajstić information content (AvgIpc) is 3.65. The maximum absolute atomic E-state index is 13.7. The summed E-state index contributed by atoms with van der Waals surface area (Å²) >= 11 is 0. The Bertz CT molecular complexity index is 1210. The molecule has 35 heavy (non-hydrogen) atoms. The molecule has 0 bridgehead atoms. The number of rotatable bonds is 10. The Morgan fingerprint density at radius 2 is 1.83 bits per heavy atom. The summed E-state index contributed by atoms with van der Waals surface area (Å²) in [6.07, 6.45) is 0.620. The highest BCUT2D eigenvalue weighted by molar-refractivity contribution is 7.38. The zero-order chi connectivity index (χ0) is 24.9. The van der Waals surface area contributed by atoms with Crippen LogP contribution in [0.5, 0.6) is 0 Å². The number of pyridine rings is 1. The van der Waals surface area contributed by atoms with Gasteiger partial charge in [-0.15, -0.1) is 0 Å². The lowest BCUT2D eigenvalue weighted by atomic mass is 9.89. The molecule has 1 heterocycles. The van der Waals surface area contributed by atoms with Gasteiger partial charge in [0.1, 0.15) is 5.82 Å². The van der Waals surface area contributed by atoms with E-state index in [1.807, 2.05) is 37.3 Å². The highest BCUT2D eigenvalue weighted by Gasteiger charge is 2.31. The Balaban J connectivity index is 1.67.